The van der Waals surface area contributed by atoms with Gasteiger partial charge < -0.3 is 9.84 Å². The molecule has 104 valence electrons. The first-order chi connectivity index (χ1) is 9.17. The topological polar surface area (TPSA) is 70.9 Å². The van der Waals surface area contributed by atoms with Crippen LogP contribution < -0.4 is 10.2 Å². The quantitative estimate of drug-likeness (QED) is 0.587. The van der Waals surface area contributed by atoms with E-state index in [1.165, 1.54) is 12.3 Å². The van der Waals surface area contributed by atoms with Crippen LogP contribution in [-0.4, -0.2) is 23.8 Å². The van der Waals surface area contributed by atoms with Gasteiger partial charge in [0.25, 0.3) is 0 Å². The number of rotatable bonds is 7. The lowest BCUT2D eigenvalue weighted by atomic mass is 10.2. The van der Waals surface area contributed by atoms with Crippen molar-refractivity contribution in [2.45, 2.75) is 33.1 Å². The Hall–Kier alpha value is -2.04. The second-order valence-electron chi connectivity index (χ2n) is 4.06. The summed E-state index contributed by atoms with van der Waals surface area (Å²) >= 11 is 0. The third-order valence-corrected chi connectivity index (χ3v) is 2.44. The van der Waals surface area contributed by atoms with Gasteiger partial charge in [-0.3, -0.25) is 4.79 Å². The number of unbranched alkanes of at least 4 members (excludes halogenated alkanes) is 1. The molecule has 0 aromatic heterocycles. The van der Waals surface area contributed by atoms with Crippen molar-refractivity contribution in [3.05, 3.63) is 23.8 Å². The monoisotopic (exact) mass is 264 g/mol. The van der Waals surface area contributed by atoms with Gasteiger partial charge >= 0.3 is 0 Å². The number of benzene rings is 1. The highest BCUT2D eigenvalue weighted by molar-refractivity contribution is 5.83. The van der Waals surface area contributed by atoms with Crippen LogP contribution in [0.1, 0.15) is 38.7 Å². The number of nitrogens with one attached hydrogen (secondary N) is 1. The molecule has 0 aliphatic rings. The van der Waals surface area contributed by atoms with Crippen LogP contribution in [0.3, 0.4) is 0 Å². The van der Waals surface area contributed by atoms with Gasteiger partial charge in [-0.1, -0.05) is 13.3 Å². The minimum Gasteiger partial charge on any atom is -0.504 e. The summed E-state index contributed by atoms with van der Waals surface area (Å²) in [5, 5.41) is 13.4. The molecule has 0 saturated heterocycles. The van der Waals surface area contributed by atoms with Crippen LogP contribution in [0, 0.1) is 0 Å². The Morgan fingerprint density at radius 2 is 2.26 bits per heavy atom. The molecule has 0 fully saturated rings. The van der Waals surface area contributed by atoms with E-state index in [0.717, 1.165) is 18.4 Å². The van der Waals surface area contributed by atoms with Crippen molar-refractivity contribution < 1.29 is 14.6 Å². The first-order valence-corrected chi connectivity index (χ1v) is 6.45. The Morgan fingerprint density at radius 1 is 1.47 bits per heavy atom. The van der Waals surface area contributed by atoms with Crippen molar-refractivity contribution in [2.75, 3.05) is 6.61 Å². The molecule has 1 rings (SSSR count). The molecule has 0 unspecified atom stereocenters. The molecule has 0 saturated carbocycles. The van der Waals surface area contributed by atoms with Crippen molar-refractivity contribution in [1.82, 2.24) is 5.43 Å². The fraction of sp³-hybridized carbons (Fsp3) is 0.429. The van der Waals surface area contributed by atoms with E-state index in [9.17, 15) is 9.90 Å². The summed E-state index contributed by atoms with van der Waals surface area (Å²) in [5.41, 5.74) is 3.21. The maximum Gasteiger partial charge on any atom is 0.240 e. The molecule has 0 bridgehead atoms. The van der Waals surface area contributed by atoms with Crippen molar-refractivity contribution in [1.29, 1.82) is 0 Å². The number of carbonyl (C=O) groups is 1. The van der Waals surface area contributed by atoms with Crippen molar-refractivity contribution >= 4 is 12.1 Å². The van der Waals surface area contributed by atoms with Gasteiger partial charge in [-0.05, 0) is 37.1 Å². The molecule has 0 aliphatic carbocycles. The molecule has 0 aliphatic heterocycles. The minimum atomic E-state index is -0.0955. The van der Waals surface area contributed by atoms with E-state index in [0.29, 0.717) is 18.8 Å². The average molecular weight is 264 g/mol. The molecular formula is C14H20N2O3. The van der Waals surface area contributed by atoms with Gasteiger partial charge in [0, 0.05) is 6.42 Å². The number of ether oxygens (including phenoxy) is 1. The highest BCUT2D eigenvalue weighted by atomic mass is 16.5. The summed E-state index contributed by atoms with van der Waals surface area (Å²) in [6, 6.07) is 4.89. The summed E-state index contributed by atoms with van der Waals surface area (Å²) < 4.78 is 5.26. The van der Waals surface area contributed by atoms with Crippen LogP contribution in [0.5, 0.6) is 11.5 Å². The number of phenols is 1. The third kappa shape index (κ3) is 5.42. The standard InChI is InChI=1S/C14H20N2O3/c1-3-5-6-14(18)16-15-10-11-7-8-12(17)13(9-11)19-4-2/h7-10,17H,3-6H2,1-2H3,(H,16,18)/b15-10-. The van der Waals surface area contributed by atoms with Crippen LogP contribution >= 0.6 is 0 Å². The smallest absolute Gasteiger partial charge is 0.240 e. The second-order valence-corrected chi connectivity index (χ2v) is 4.06. The number of amides is 1. The van der Waals surface area contributed by atoms with E-state index < -0.39 is 0 Å². The number of carbonyl (C=O) groups excluding carboxylic acids is 1. The molecular weight excluding hydrogens is 244 g/mol. The minimum absolute atomic E-state index is 0.0889. The second kappa shape index (κ2) is 8.13. The largest absolute Gasteiger partial charge is 0.504 e. The zero-order valence-electron chi connectivity index (χ0n) is 11.3. The van der Waals surface area contributed by atoms with Gasteiger partial charge in [-0.15, -0.1) is 0 Å². The first kappa shape index (κ1) is 15.0. The Morgan fingerprint density at radius 3 is 2.95 bits per heavy atom. The fourth-order valence-corrected chi connectivity index (χ4v) is 1.45. The number of hydrogen-bond acceptors (Lipinski definition) is 4. The zero-order chi connectivity index (χ0) is 14.1. The van der Waals surface area contributed by atoms with E-state index in [1.807, 2.05) is 13.8 Å². The number of hydrogen-bond donors (Lipinski definition) is 2. The van der Waals surface area contributed by atoms with Gasteiger partial charge in [-0.2, -0.15) is 5.10 Å². The predicted octanol–water partition coefficient (Wildman–Crippen LogP) is 2.43. The number of hydrazone groups is 1. The summed E-state index contributed by atoms with van der Waals surface area (Å²) in [5.74, 6) is 0.400. The maximum absolute atomic E-state index is 11.3. The maximum atomic E-state index is 11.3. The Kier molecular flexibility index (Phi) is 6.43. The molecule has 19 heavy (non-hydrogen) atoms. The number of phenolic OH excluding ortho intramolecular Hbond substituents is 1. The van der Waals surface area contributed by atoms with Gasteiger partial charge in [0.15, 0.2) is 11.5 Å². The van der Waals surface area contributed by atoms with E-state index in [2.05, 4.69) is 10.5 Å². The van der Waals surface area contributed by atoms with E-state index in [1.54, 1.807) is 12.1 Å². The predicted molar refractivity (Wildman–Crippen MR) is 74.5 cm³/mol. The van der Waals surface area contributed by atoms with E-state index in [-0.39, 0.29) is 11.7 Å². The zero-order valence-corrected chi connectivity index (χ0v) is 11.3. The van der Waals surface area contributed by atoms with Crippen molar-refractivity contribution in [2.24, 2.45) is 5.10 Å². The molecule has 0 radical (unpaired) electrons. The average Bonchev–Trinajstić information content (AvgIpc) is 2.40. The fourth-order valence-electron chi connectivity index (χ4n) is 1.45. The third-order valence-electron chi connectivity index (χ3n) is 2.44. The van der Waals surface area contributed by atoms with Crippen LogP contribution in [-0.2, 0) is 4.79 Å². The van der Waals surface area contributed by atoms with Gasteiger partial charge in [0.2, 0.25) is 5.91 Å². The van der Waals surface area contributed by atoms with Crippen molar-refractivity contribution in [3.63, 3.8) is 0 Å². The molecule has 1 aromatic rings. The lowest BCUT2D eigenvalue weighted by molar-refractivity contribution is -0.121. The summed E-state index contributed by atoms with van der Waals surface area (Å²) in [4.78, 5) is 11.3. The molecule has 5 heteroatoms. The molecule has 2 N–H and O–H groups in total. The molecule has 5 nitrogen and oxygen atoms in total. The number of nitrogens with zero attached hydrogens (tertiary/aromatic N) is 1. The van der Waals surface area contributed by atoms with Crippen LogP contribution in [0.2, 0.25) is 0 Å². The lowest BCUT2D eigenvalue weighted by Crippen LogP contribution is -2.16. The van der Waals surface area contributed by atoms with Gasteiger partial charge in [0.05, 0.1) is 12.8 Å². The van der Waals surface area contributed by atoms with Gasteiger partial charge in [-0.25, -0.2) is 5.43 Å². The Bertz CT molecular complexity index is 444. The lowest BCUT2D eigenvalue weighted by Gasteiger charge is -2.05. The van der Waals surface area contributed by atoms with Crippen molar-refractivity contribution in [3.8, 4) is 11.5 Å². The highest BCUT2D eigenvalue weighted by Crippen LogP contribution is 2.26. The SMILES string of the molecule is CCCCC(=O)N/N=C\c1ccc(O)c(OCC)c1. The van der Waals surface area contributed by atoms with E-state index >= 15 is 0 Å². The molecule has 0 spiro atoms. The van der Waals surface area contributed by atoms with Crippen LogP contribution in [0.25, 0.3) is 0 Å². The van der Waals surface area contributed by atoms with E-state index in [4.69, 9.17) is 4.74 Å². The number of aromatic hydroxyl groups is 1. The normalized spacial score (nSPS) is 10.6. The summed E-state index contributed by atoms with van der Waals surface area (Å²) in [6.45, 7) is 4.35. The molecule has 0 atom stereocenters. The Labute approximate surface area is 113 Å². The van der Waals surface area contributed by atoms with Crippen LogP contribution in [0.15, 0.2) is 23.3 Å². The molecule has 1 aromatic carbocycles. The molecule has 0 heterocycles. The van der Waals surface area contributed by atoms with Crippen LogP contribution in [0.4, 0.5) is 0 Å². The molecule has 1 amide bonds. The highest BCUT2D eigenvalue weighted by Gasteiger charge is 2.02. The first-order valence-electron chi connectivity index (χ1n) is 6.45. The Balaban J connectivity index is 2.56. The summed E-state index contributed by atoms with van der Waals surface area (Å²) in [7, 11) is 0. The summed E-state index contributed by atoms with van der Waals surface area (Å²) in [6.07, 6.45) is 3.83. The van der Waals surface area contributed by atoms with Gasteiger partial charge in [0.1, 0.15) is 0 Å².